The van der Waals surface area contributed by atoms with Crippen LogP contribution < -0.4 is 0 Å². The van der Waals surface area contributed by atoms with Crippen molar-refractivity contribution in [2.75, 3.05) is 19.3 Å². The zero-order valence-corrected chi connectivity index (χ0v) is 9.96. The van der Waals surface area contributed by atoms with Gasteiger partial charge in [0.2, 0.25) is 11.8 Å². The van der Waals surface area contributed by atoms with Crippen LogP contribution in [0.15, 0.2) is 4.99 Å². The van der Waals surface area contributed by atoms with E-state index in [4.69, 9.17) is 0 Å². The van der Waals surface area contributed by atoms with Crippen LogP contribution in [0.5, 0.6) is 0 Å². The van der Waals surface area contributed by atoms with Gasteiger partial charge in [-0.15, -0.1) is 0 Å². The molecule has 1 fully saturated rings. The minimum atomic E-state index is -0.278. The molecule has 1 aliphatic rings. The summed E-state index contributed by atoms with van der Waals surface area (Å²) in [7, 11) is 0. The number of amides is 2. The van der Waals surface area contributed by atoms with Gasteiger partial charge in [0.1, 0.15) is 0 Å². The quantitative estimate of drug-likeness (QED) is 0.491. The van der Waals surface area contributed by atoms with Crippen LogP contribution in [0.3, 0.4) is 0 Å². The zero-order valence-electron chi connectivity index (χ0n) is 9.14. The van der Waals surface area contributed by atoms with Gasteiger partial charge in [-0.1, -0.05) is 0 Å². The Balaban J connectivity index is 2.48. The topological polar surface area (TPSA) is 66.8 Å². The molecular weight excluding hydrogens is 228 g/mol. The average molecular weight is 242 g/mol. The molecule has 0 aliphatic carbocycles. The first-order chi connectivity index (χ1) is 7.60. The molecule has 1 saturated heterocycles. The first kappa shape index (κ1) is 12.9. The largest absolute Gasteiger partial charge is 0.298 e. The Labute approximate surface area is 98.3 Å². The Morgan fingerprint density at radius 2 is 2.31 bits per heavy atom. The summed E-state index contributed by atoms with van der Waals surface area (Å²) in [5, 5.41) is -0.278. The van der Waals surface area contributed by atoms with E-state index in [0.29, 0.717) is 0 Å². The van der Waals surface area contributed by atoms with Crippen molar-refractivity contribution >= 4 is 36.1 Å². The second kappa shape index (κ2) is 5.79. The lowest BCUT2D eigenvalue weighted by Gasteiger charge is -2.13. The number of imide groups is 1. The van der Waals surface area contributed by atoms with Crippen molar-refractivity contribution < 1.29 is 14.4 Å². The summed E-state index contributed by atoms with van der Waals surface area (Å²) >= 11 is 1.37. The van der Waals surface area contributed by atoms with Crippen molar-refractivity contribution in [3.05, 3.63) is 0 Å². The molecule has 2 amide bonds. The monoisotopic (exact) mass is 242 g/mol. The molecular formula is C10H14N2O3S. The second-order valence-corrected chi connectivity index (χ2v) is 4.52. The van der Waals surface area contributed by atoms with Gasteiger partial charge in [0.05, 0.1) is 11.8 Å². The fourth-order valence-corrected chi connectivity index (χ4v) is 2.15. The summed E-state index contributed by atoms with van der Waals surface area (Å²) in [4.78, 5) is 38.9. The van der Waals surface area contributed by atoms with Gasteiger partial charge < -0.3 is 0 Å². The van der Waals surface area contributed by atoms with Crippen molar-refractivity contribution in [1.29, 1.82) is 0 Å². The number of hydrogen-bond acceptors (Lipinski definition) is 5. The third kappa shape index (κ3) is 2.91. The third-order valence-corrected chi connectivity index (χ3v) is 3.33. The van der Waals surface area contributed by atoms with Crippen molar-refractivity contribution in [3.8, 4) is 0 Å². The van der Waals surface area contributed by atoms with Crippen molar-refractivity contribution in [3.63, 3.8) is 0 Å². The van der Waals surface area contributed by atoms with E-state index >= 15 is 0 Å². The normalized spacial score (nSPS) is 20.3. The summed E-state index contributed by atoms with van der Waals surface area (Å²) in [6.07, 6.45) is 2.21. The van der Waals surface area contributed by atoms with Gasteiger partial charge in [-0.25, -0.2) is 0 Å². The SMILES string of the molecule is C=NCC(=O)CCN1C(=O)CC(SC)C1=O. The summed E-state index contributed by atoms with van der Waals surface area (Å²) in [5.41, 5.74) is 0. The maximum Gasteiger partial charge on any atom is 0.242 e. The van der Waals surface area contributed by atoms with Gasteiger partial charge in [-0.2, -0.15) is 11.8 Å². The number of nitrogens with zero attached hydrogens (tertiary/aromatic N) is 2. The fourth-order valence-electron chi connectivity index (χ4n) is 1.51. The number of rotatable bonds is 6. The van der Waals surface area contributed by atoms with Crippen molar-refractivity contribution in [2.24, 2.45) is 4.99 Å². The molecule has 0 spiro atoms. The zero-order chi connectivity index (χ0) is 12.1. The average Bonchev–Trinajstić information content (AvgIpc) is 2.52. The Bertz CT molecular complexity index is 330. The van der Waals surface area contributed by atoms with Crippen LogP contribution in [0.2, 0.25) is 0 Å². The molecule has 0 bridgehead atoms. The molecule has 1 aliphatic heterocycles. The highest BCUT2D eigenvalue weighted by molar-refractivity contribution is 8.00. The molecule has 16 heavy (non-hydrogen) atoms. The summed E-state index contributed by atoms with van der Waals surface area (Å²) in [5.74, 6) is -0.483. The fraction of sp³-hybridized carbons (Fsp3) is 0.600. The number of thioether (sulfide) groups is 1. The van der Waals surface area contributed by atoms with Crippen LogP contribution in [0.4, 0.5) is 0 Å². The van der Waals surface area contributed by atoms with E-state index in [9.17, 15) is 14.4 Å². The molecule has 0 N–H and O–H groups in total. The second-order valence-electron chi connectivity index (χ2n) is 3.48. The molecule has 0 aromatic rings. The number of ketones is 1. The summed E-state index contributed by atoms with van der Waals surface area (Å²) in [6.45, 7) is 3.43. The minimum absolute atomic E-state index is 0.0438. The van der Waals surface area contributed by atoms with Crippen LogP contribution in [0.1, 0.15) is 12.8 Å². The van der Waals surface area contributed by atoms with Crippen LogP contribution in [0, 0.1) is 0 Å². The van der Waals surface area contributed by atoms with E-state index in [2.05, 4.69) is 11.7 Å². The lowest BCUT2D eigenvalue weighted by atomic mass is 10.2. The number of carbonyl (C=O) groups is 3. The van der Waals surface area contributed by atoms with E-state index in [-0.39, 0.29) is 48.8 Å². The highest BCUT2D eigenvalue weighted by Gasteiger charge is 2.37. The van der Waals surface area contributed by atoms with Crippen LogP contribution in [-0.2, 0) is 14.4 Å². The predicted octanol–water partition coefficient (Wildman–Crippen LogP) is 0.137. The number of hydrogen-bond donors (Lipinski definition) is 0. The highest BCUT2D eigenvalue weighted by Crippen LogP contribution is 2.22. The van der Waals surface area contributed by atoms with E-state index in [1.807, 2.05) is 0 Å². The number of carbonyl (C=O) groups excluding carboxylic acids is 3. The van der Waals surface area contributed by atoms with E-state index < -0.39 is 0 Å². The van der Waals surface area contributed by atoms with E-state index in [1.165, 1.54) is 16.7 Å². The van der Waals surface area contributed by atoms with Gasteiger partial charge in [0, 0.05) is 19.4 Å². The minimum Gasteiger partial charge on any atom is -0.298 e. The first-order valence-corrected chi connectivity index (χ1v) is 6.20. The van der Waals surface area contributed by atoms with E-state index in [0.717, 1.165) is 0 Å². The molecule has 0 aromatic carbocycles. The summed E-state index contributed by atoms with van der Waals surface area (Å²) < 4.78 is 0. The lowest BCUT2D eigenvalue weighted by molar-refractivity contribution is -0.138. The molecule has 1 heterocycles. The van der Waals surface area contributed by atoms with Crippen LogP contribution in [0.25, 0.3) is 0 Å². The molecule has 0 aromatic heterocycles. The molecule has 88 valence electrons. The maximum atomic E-state index is 11.7. The third-order valence-electron chi connectivity index (χ3n) is 2.39. The Morgan fingerprint density at radius 1 is 1.62 bits per heavy atom. The van der Waals surface area contributed by atoms with Gasteiger partial charge in [0.25, 0.3) is 0 Å². The van der Waals surface area contributed by atoms with Crippen LogP contribution >= 0.6 is 11.8 Å². The van der Waals surface area contributed by atoms with Gasteiger partial charge in [-0.3, -0.25) is 24.3 Å². The van der Waals surface area contributed by atoms with Crippen molar-refractivity contribution in [1.82, 2.24) is 4.90 Å². The maximum absolute atomic E-state index is 11.7. The molecule has 5 nitrogen and oxygen atoms in total. The summed E-state index contributed by atoms with van der Waals surface area (Å²) in [6, 6.07) is 0. The first-order valence-electron chi connectivity index (χ1n) is 4.91. The number of Topliss-reactive ketones (excluding diaryl/α,β-unsaturated/α-hetero) is 1. The van der Waals surface area contributed by atoms with Gasteiger partial charge in [-0.05, 0) is 13.0 Å². The molecule has 0 saturated carbocycles. The molecule has 0 radical (unpaired) electrons. The van der Waals surface area contributed by atoms with Crippen molar-refractivity contribution in [2.45, 2.75) is 18.1 Å². The molecule has 6 heteroatoms. The lowest BCUT2D eigenvalue weighted by Crippen LogP contribution is -2.33. The van der Waals surface area contributed by atoms with Gasteiger partial charge >= 0.3 is 0 Å². The molecule has 1 atom stereocenters. The standard InChI is InChI=1S/C10H14N2O3S/c1-11-6-7(13)3-4-12-9(14)5-8(16-2)10(12)15/h8H,1,3-6H2,2H3. The van der Waals surface area contributed by atoms with Gasteiger partial charge in [0.15, 0.2) is 5.78 Å². The smallest absolute Gasteiger partial charge is 0.242 e. The highest BCUT2D eigenvalue weighted by atomic mass is 32.2. The number of aliphatic imine (C=N–C) groups is 1. The Morgan fingerprint density at radius 3 is 2.81 bits per heavy atom. The predicted molar refractivity (Wildman–Crippen MR) is 62.7 cm³/mol. The Hall–Kier alpha value is -1.17. The van der Waals surface area contributed by atoms with Crippen LogP contribution in [-0.4, -0.2) is 53.8 Å². The molecule has 1 unspecified atom stereocenters. The number of likely N-dealkylation sites (tertiary alicyclic amines) is 1. The molecule has 1 rings (SSSR count). The van der Waals surface area contributed by atoms with E-state index in [1.54, 1.807) is 6.26 Å². The Kier molecular flexibility index (Phi) is 4.67.